The maximum atomic E-state index is 14.6. The number of thioether (sulfide) groups is 1. The van der Waals surface area contributed by atoms with Gasteiger partial charge in [0.1, 0.15) is 0 Å². The molecule has 2 aromatic heterocycles. The Morgan fingerprint density at radius 1 is 1.00 bits per heavy atom. The molecular weight excluding hydrogens is 764 g/mol. The summed E-state index contributed by atoms with van der Waals surface area (Å²) in [5.74, 6) is 0.0410. The molecule has 1 aliphatic rings. The third-order valence-electron chi connectivity index (χ3n) is 8.61. The van der Waals surface area contributed by atoms with Gasteiger partial charge in [0.15, 0.2) is 15.8 Å². The molecule has 6 aromatic rings. The molecule has 0 amide bonds. The molecule has 0 unspecified atom stereocenters. The maximum Gasteiger partial charge on any atom is 0.338 e. The second kappa shape index (κ2) is 16.0. The number of esters is 1. The molecule has 4 aromatic carbocycles. The Hall–Kier alpha value is -5.28. The highest BCUT2D eigenvalue weighted by Crippen LogP contribution is 2.37. The van der Waals surface area contributed by atoms with E-state index in [1.807, 2.05) is 90.5 Å². The number of rotatable bonds is 11. The van der Waals surface area contributed by atoms with E-state index in [0.29, 0.717) is 54.6 Å². The lowest BCUT2D eigenvalue weighted by Crippen LogP contribution is -2.40. The van der Waals surface area contributed by atoms with Crippen LogP contribution in [0.2, 0.25) is 5.02 Å². The minimum Gasteiger partial charge on any atom is -0.463 e. The first-order valence-electron chi connectivity index (χ1n) is 16.8. The molecule has 0 saturated heterocycles. The Labute approximate surface area is 326 Å². The van der Waals surface area contributed by atoms with E-state index in [4.69, 9.17) is 21.3 Å². The number of halogens is 1. The third kappa shape index (κ3) is 7.29. The van der Waals surface area contributed by atoms with Crippen molar-refractivity contribution in [2.24, 2.45) is 4.99 Å². The number of ether oxygens (including phenoxy) is 1. The van der Waals surface area contributed by atoms with Gasteiger partial charge in [-0.1, -0.05) is 77.5 Å². The highest BCUT2D eigenvalue weighted by atomic mass is 35.5. The van der Waals surface area contributed by atoms with Crippen LogP contribution >= 0.6 is 46.5 Å². The quantitative estimate of drug-likeness (QED) is 0.0561. The van der Waals surface area contributed by atoms with Gasteiger partial charge in [-0.2, -0.15) is 0 Å². The van der Waals surface area contributed by atoms with E-state index in [1.165, 1.54) is 28.5 Å². The first kappa shape index (κ1) is 37.1. The molecule has 0 aliphatic carbocycles. The fourth-order valence-electron chi connectivity index (χ4n) is 6.13. The van der Waals surface area contributed by atoms with Gasteiger partial charge >= 0.3 is 5.97 Å². The van der Waals surface area contributed by atoms with Gasteiger partial charge in [0.05, 0.1) is 33.4 Å². The summed E-state index contributed by atoms with van der Waals surface area (Å²) in [6, 6.07) is 28.0. The SMILES string of the molecule is CCOC(=O)C1=C(c2ccccc2)N=c2s/c(=C/c3cc([N+](=O)[O-])ccc3Sc3nnc(-c4cccc(Cl)c4)n3CC)c(=O)n2[C@@H]1c1ccc(SC)cc1. The van der Waals surface area contributed by atoms with E-state index in [9.17, 15) is 19.7 Å². The molecule has 0 bridgehead atoms. The van der Waals surface area contributed by atoms with Gasteiger partial charge in [-0.15, -0.1) is 22.0 Å². The minimum atomic E-state index is -0.861. The molecule has 15 heteroatoms. The van der Waals surface area contributed by atoms with Crippen LogP contribution in [0.25, 0.3) is 23.2 Å². The maximum absolute atomic E-state index is 14.6. The Bertz CT molecular complexity index is 2620. The molecule has 1 aliphatic heterocycles. The Balaban J connectivity index is 1.42. The first-order valence-corrected chi connectivity index (χ1v) is 20.0. The standard InChI is InChI=1S/C39H31ClN6O5S3/c1-4-44-35(25-12-9-13-27(40)20-25)42-43-39(44)53-30-19-16-28(46(49)50)21-26(30)22-31-36(47)45-34(24-14-17-29(52-3)18-15-24)32(37(48)51-5-2)33(41-38(45)54-31)23-10-7-6-8-11-23/h6-22,34H,4-5H2,1-3H3/b31-22+/t34-/m1/s1. The lowest BCUT2D eigenvalue weighted by molar-refractivity contribution is -0.384. The number of nitrogens with zero attached hydrogens (tertiary/aromatic N) is 6. The monoisotopic (exact) mass is 794 g/mol. The highest BCUT2D eigenvalue weighted by Gasteiger charge is 2.35. The highest BCUT2D eigenvalue weighted by molar-refractivity contribution is 7.99. The molecule has 3 heterocycles. The van der Waals surface area contributed by atoms with E-state index in [1.54, 1.807) is 36.9 Å². The van der Waals surface area contributed by atoms with Crippen molar-refractivity contribution in [1.29, 1.82) is 0 Å². The van der Waals surface area contributed by atoms with Crippen LogP contribution in [-0.2, 0) is 16.1 Å². The van der Waals surface area contributed by atoms with E-state index in [2.05, 4.69) is 10.2 Å². The van der Waals surface area contributed by atoms with Gasteiger partial charge in [-0.25, -0.2) is 9.79 Å². The summed E-state index contributed by atoms with van der Waals surface area (Å²) in [4.78, 5) is 46.9. The predicted molar refractivity (Wildman–Crippen MR) is 213 cm³/mol. The van der Waals surface area contributed by atoms with Crippen LogP contribution in [0.4, 0.5) is 5.69 Å². The van der Waals surface area contributed by atoms with Crippen molar-refractivity contribution in [2.45, 2.75) is 41.4 Å². The van der Waals surface area contributed by atoms with Gasteiger partial charge < -0.3 is 9.30 Å². The van der Waals surface area contributed by atoms with Crippen molar-refractivity contribution in [3.05, 3.63) is 154 Å². The van der Waals surface area contributed by atoms with Crippen LogP contribution in [0.1, 0.15) is 36.6 Å². The van der Waals surface area contributed by atoms with Crippen molar-refractivity contribution in [3.63, 3.8) is 0 Å². The van der Waals surface area contributed by atoms with Crippen molar-refractivity contribution in [1.82, 2.24) is 19.3 Å². The van der Waals surface area contributed by atoms with Gasteiger partial charge in [0.25, 0.3) is 11.2 Å². The zero-order valence-corrected chi connectivity index (χ0v) is 32.3. The van der Waals surface area contributed by atoms with Gasteiger partial charge in [-0.3, -0.25) is 19.5 Å². The molecule has 1 atom stereocenters. The normalized spacial score (nSPS) is 14.1. The van der Waals surface area contributed by atoms with Gasteiger partial charge in [-0.05, 0) is 79.4 Å². The largest absolute Gasteiger partial charge is 0.463 e. The summed E-state index contributed by atoms with van der Waals surface area (Å²) in [6.07, 6.45) is 3.61. The average molecular weight is 795 g/mol. The molecule has 0 saturated carbocycles. The summed E-state index contributed by atoms with van der Waals surface area (Å²) in [5, 5.41) is 22.0. The zero-order chi connectivity index (χ0) is 37.9. The van der Waals surface area contributed by atoms with Crippen molar-refractivity contribution in [2.75, 3.05) is 12.9 Å². The Kier molecular flexibility index (Phi) is 11.0. The van der Waals surface area contributed by atoms with Gasteiger partial charge in [0.2, 0.25) is 0 Å². The van der Waals surface area contributed by atoms with Crippen molar-refractivity contribution >= 4 is 69.9 Å². The summed E-state index contributed by atoms with van der Waals surface area (Å²) in [6.45, 7) is 4.38. The van der Waals surface area contributed by atoms with Crippen molar-refractivity contribution in [3.8, 4) is 11.4 Å². The summed E-state index contributed by atoms with van der Waals surface area (Å²) in [7, 11) is 0. The summed E-state index contributed by atoms with van der Waals surface area (Å²) < 4.78 is 9.30. The fourth-order valence-corrected chi connectivity index (χ4v) is 8.69. The second-order valence-corrected chi connectivity index (χ2v) is 15.2. The fraction of sp³-hybridized carbons (Fsp3) is 0.154. The minimum absolute atomic E-state index is 0.132. The van der Waals surface area contributed by atoms with Crippen LogP contribution in [-0.4, -0.2) is 43.1 Å². The number of aromatic nitrogens is 4. The van der Waals surface area contributed by atoms with Crippen LogP contribution in [0.3, 0.4) is 0 Å². The van der Waals surface area contributed by atoms with Crippen LogP contribution in [0.5, 0.6) is 0 Å². The third-order valence-corrected chi connectivity index (χ3v) is 11.7. The van der Waals surface area contributed by atoms with Crippen LogP contribution < -0.4 is 14.9 Å². The molecular formula is C39H31ClN6O5S3. The van der Waals surface area contributed by atoms with Gasteiger partial charge in [0, 0.05) is 44.6 Å². The number of non-ortho nitro benzene ring substituents is 1. The van der Waals surface area contributed by atoms with E-state index >= 15 is 0 Å². The van der Waals surface area contributed by atoms with E-state index in [0.717, 1.165) is 21.8 Å². The number of benzene rings is 4. The summed E-state index contributed by atoms with van der Waals surface area (Å²) in [5.41, 5.74) is 2.71. The average Bonchev–Trinajstić information content (AvgIpc) is 3.74. The molecule has 7 rings (SSSR count). The number of nitro benzene ring substituents is 1. The van der Waals surface area contributed by atoms with E-state index in [-0.39, 0.29) is 22.4 Å². The number of carbonyl (C=O) groups excluding carboxylic acids is 1. The molecule has 0 N–H and O–H groups in total. The molecule has 54 heavy (non-hydrogen) atoms. The number of hydrogen-bond acceptors (Lipinski definition) is 11. The Morgan fingerprint density at radius 3 is 2.44 bits per heavy atom. The van der Waals surface area contributed by atoms with Crippen molar-refractivity contribution < 1.29 is 14.5 Å². The lowest BCUT2D eigenvalue weighted by Gasteiger charge is -2.26. The number of carbonyl (C=O) groups is 1. The molecule has 0 spiro atoms. The molecule has 0 fully saturated rings. The second-order valence-electron chi connectivity index (χ2n) is 11.8. The predicted octanol–water partition coefficient (Wildman–Crippen LogP) is 7.65. The molecule has 0 radical (unpaired) electrons. The number of fused-ring (bicyclic) bond motifs is 1. The summed E-state index contributed by atoms with van der Waals surface area (Å²) >= 11 is 10.3. The topological polar surface area (TPSA) is 135 Å². The molecule has 11 nitrogen and oxygen atoms in total. The number of thiazole rings is 1. The lowest BCUT2D eigenvalue weighted by atomic mass is 9.93. The first-order chi connectivity index (χ1) is 26.2. The van der Waals surface area contributed by atoms with E-state index < -0.39 is 22.5 Å². The number of nitro groups is 1. The molecule has 272 valence electrons. The zero-order valence-electron chi connectivity index (χ0n) is 29.1. The Morgan fingerprint density at radius 2 is 1.76 bits per heavy atom. The smallest absolute Gasteiger partial charge is 0.338 e. The van der Waals surface area contributed by atoms with Crippen LogP contribution in [0.15, 0.2) is 127 Å². The number of hydrogen-bond donors (Lipinski definition) is 0. The van der Waals surface area contributed by atoms with Crippen LogP contribution in [0, 0.1) is 10.1 Å².